The fourth-order valence-electron chi connectivity index (χ4n) is 3.46. The van der Waals surface area contributed by atoms with Gasteiger partial charge in [0.25, 0.3) is 0 Å². The monoisotopic (exact) mass is 455 g/mol. The van der Waals surface area contributed by atoms with E-state index in [2.05, 4.69) is 15.5 Å². The number of aromatic nitrogens is 2. The quantitative estimate of drug-likeness (QED) is 0.412. The van der Waals surface area contributed by atoms with Crippen molar-refractivity contribution in [1.29, 1.82) is 0 Å². The van der Waals surface area contributed by atoms with Crippen LogP contribution in [-0.4, -0.2) is 43.5 Å². The molecule has 1 atom stereocenters. The van der Waals surface area contributed by atoms with E-state index >= 15 is 0 Å². The summed E-state index contributed by atoms with van der Waals surface area (Å²) in [6.07, 6.45) is 0. The summed E-state index contributed by atoms with van der Waals surface area (Å²) in [5, 5.41) is 20.2. The van der Waals surface area contributed by atoms with Gasteiger partial charge in [-0.3, -0.25) is 14.8 Å². The molecule has 2 aromatic carbocycles. The van der Waals surface area contributed by atoms with Crippen LogP contribution < -0.4 is 10.5 Å². The third-order valence-corrected chi connectivity index (χ3v) is 6.50. The van der Waals surface area contributed by atoms with E-state index < -0.39 is 16.1 Å². The maximum absolute atomic E-state index is 13.0. The molecule has 1 unspecified atom stereocenters. The molecule has 0 aliphatic heterocycles. The van der Waals surface area contributed by atoms with Gasteiger partial charge in [0.1, 0.15) is 11.7 Å². The largest absolute Gasteiger partial charge is 0.324 e. The predicted molar refractivity (Wildman–Crippen MR) is 122 cm³/mol. The second-order valence-corrected chi connectivity index (χ2v) is 9.66. The van der Waals surface area contributed by atoms with Gasteiger partial charge in [0.2, 0.25) is 15.9 Å². The van der Waals surface area contributed by atoms with Crippen molar-refractivity contribution in [1.82, 2.24) is 15.1 Å². The first-order chi connectivity index (χ1) is 14.7. The highest BCUT2D eigenvalue weighted by Gasteiger charge is 2.23. The molecule has 4 aromatic rings. The third kappa shape index (κ3) is 4.37. The van der Waals surface area contributed by atoms with Crippen molar-refractivity contribution < 1.29 is 13.2 Å². The molecule has 10 heteroatoms. The lowest BCUT2D eigenvalue weighted by molar-refractivity contribution is -0.120. The van der Waals surface area contributed by atoms with E-state index in [0.29, 0.717) is 16.9 Å². The van der Waals surface area contributed by atoms with Crippen LogP contribution in [0, 0.1) is 0 Å². The SMILES string of the molecule is CN(C)C(C(=O)Nc1ccc2[nH]nc(-c3cccc(S(N)(=O)=O)c3)c2c1)c1ccsc1. The van der Waals surface area contributed by atoms with Crippen molar-refractivity contribution in [3.8, 4) is 11.3 Å². The molecule has 0 spiro atoms. The highest BCUT2D eigenvalue weighted by Crippen LogP contribution is 2.30. The molecule has 31 heavy (non-hydrogen) atoms. The number of thiophene rings is 1. The van der Waals surface area contributed by atoms with Gasteiger partial charge in [-0.05, 0) is 66.8 Å². The summed E-state index contributed by atoms with van der Waals surface area (Å²) >= 11 is 1.54. The number of rotatable bonds is 6. The van der Waals surface area contributed by atoms with Gasteiger partial charge in [0.05, 0.1) is 10.4 Å². The zero-order valence-corrected chi connectivity index (χ0v) is 18.5. The Hall–Kier alpha value is -3.05. The zero-order chi connectivity index (χ0) is 22.2. The fourth-order valence-corrected chi connectivity index (χ4v) is 4.70. The number of sulfonamides is 1. The molecule has 160 valence electrons. The lowest BCUT2D eigenvalue weighted by Gasteiger charge is -2.22. The molecule has 0 radical (unpaired) electrons. The van der Waals surface area contributed by atoms with Crippen LogP contribution >= 0.6 is 11.3 Å². The smallest absolute Gasteiger partial charge is 0.246 e. The van der Waals surface area contributed by atoms with Crippen LogP contribution in [0.2, 0.25) is 0 Å². The van der Waals surface area contributed by atoms with Crippen LogP contribution in [0.25, 0.3) is 22.2 Å². The standard InChI is InChI=1S/C21H21N5O3S2/c1-26(2)20(14-8-9-30-12-14)21(27)23-15-6-7-18-17(11-15)19(25-24-18)13-4-3-5-16(10-13)31(22,28)29/h3-12,20H,1-2H3,(H,23,27)(H,24,25)(H2,22,28,29). The number of carbonyl (C=O) groups excluding carboxylic acids is 1. The van der Waals surface area contributed by atoms with Gasteiger partial charge in [0.15, 0.2) is 0 Å². The molecule has 0 saturated heterocycles. The van der Waals surface area contributed by atoms with Crippen LogP contribution in [0.5, 0.6) is 0 Å². The van der Waals surface area contributed by atoms with Crippen LogP contribution in [0.4, 0.5) is 5.69 Å². The number of benzene rings is 2. The fraction of sp³-hybridized carbons (Fsp3) is 0.143. The summed E-state index contributed by atoms with van der Waals surface area (Å²) in [6, 6.07) is 13.2. The number of nitrogens with zero attached hydrogens (tertiary/aromatic N) is 2. The molecule has 0 bridgehead atoms. The van der Waals surface area contributed by atoms with E-state index in [4.69, 9.17) is 5.14 Å². The molecular formula is C21H21N5O3S2. The van der Waals surface area contributed by atoms with Crippen LogP contribution in [0.3, 0.4) is 0 Å². The van der Waals surface area contributed by atoms with Crippen molar-refractivity contribution in [3.05, 3.63) is 64.9 Å². The molecule has 8 nitrogen and oxygen atoms in total. The number of hydrogen-bond donors (Lipinski definition) is 3. The average Bonchev–Trinajstić information content (AvgIpc) is 3.37. The number of amides is 1. The first kappa shape index (κ1) is 21.2. The second kappa shape index (κ2) is 8.23. The Labute approximate surface area is 183 Å². The van der Waals surface area contributed by atoms with Gasteiger partial charge >= 0.3 is 0 Å². The van der Waals surface area contributed by atoms with Gasteiger partial charge in [-0.1, -0.05) is 12.1 Å². The minimum atomic E-state index is -3.83. The van der Waals surface area contributed by atoms with Gasteiger partial charge in [-0.25, -0.2) is 13.6 Å². The number of hydrogen-bond acceptors (Lipinski definition) is 6. The van der Waals surface area contributed by atoms with E-state index in [9.17, 15) is 13.2 Å². The summed E-state index contributed by atoms with van der Waals surface area (Å²) in [7, 11) is -0.114. The van der Waals surface area contributed by atoms with Crippen LogP contribution in [0.15, 0.2) is 64.2 Å². The average molecular weight is 456 g/mol. The number of fused-ring (bicyclic) bond motifs is 1. The summed E-state index contributed by atoms with van der Waals surface area (Å²) in [5.74, 6) is -0.149. The van der Waals surface area contributed by atoms with Crippen LogP contribution in [0.1, 0.15) is 11.6 Å². The van der Waals surface area contributed by atoms with E-state index in [1.54, 1.807) is 29.5 Å². The van der Waals surface area contributed by atoms with Gasteiger partial charge in [0, 0.05) is 16.6 Å². The van der Waals surface area contributed by atoms with E-state index in [1.165, 1.54) is 12.1 Å². The summed E-state index contributed by atoms with van der Waals surface area (Å²) in [5.41, 5.74) is 3.47. The third-order valence-electron chi connectivity index (χ3n) is 4.89. The van der Waals surface area contributed by atoms with Crippen LogP contribution in [-0.2, 0) is 14.8 Å². The zero-order valence-electron chi connectivity index (χ0n) is 16.9. The summed E-state index contributed by atoms with van der Waals surface area (Å²) in [6.45, 7) is 0. The highest BCUT2D eigenvalue weighted by molar-refractivity contribution is 7.89. The highest BCUT2D eigenvalue weighted by atomic mass is 32.2. The number of nitrogens with one attached hydrogen (secondary N) is 2. The Bertz CT molecular complexity index is 1340. The van der Waals surface area contributed by atoms with E-state index in [0.717, 1.165) is 16.5 Å². The Morgan fingerprint density at radius 3 is 2.68 bits per heavy atom. The van der Waals surface area contributed by atoms with Gasteiger partial charge < -0.3 is 5.32 Å². The number of primary sulfonamides is 1. The maximum atomic E-state index is 13.0. The Kier molecular flexibility index (Phi) is 5.63. The number of nitrogens with two attached hydrogens (primary N) is 1. The number of H-pyrrole nitrogens is 1. The molecule has 1 amide bonds. The van der Waals surface area contributed by atoms with Gasteiger partial charge in [-0.2, -0.15) is 16.4 Å². The first-order valence-corrected chi connectivity index (χ1v) is 11.8. The van der Waals surface area contributed by atoms with Crippen molar-refractivity contribution >= 4 is 43.9 Å². The van der Waals surface area contributed by atoms with Crippen molar-refractivity contribution in [2.24, 2.45) is 5.14 Å². The summed E-state index contributed by atoms with van der Waals surface area (Å²) in [4.78, 5) is 14.9. The maximum Gasteiger partial charge on any atom is 0.246 e. The van der Waals surface area contributed by atoms with Crippen molar-refractivity contribution in [3.63, 3.8) is 0 Å². The molecular weight excluding hydrogens is 434 g/mol. The molecule has 0 fully saturated rings. The molecule has 0 aliphatic rings. The minimum absolute atomic E-state index is 0.00944. The summed E-state index contributed by atoms with van der Waals surface area (Å²) < 4.78 is 23.4. The Morgan fingerprint density at radius 2 is 2.00 bits per heavy atom. The molecule has 2 aromatic heterocycles. The lowest BCUT2D eigenvalue weighted by Crippen LogP contribution is -2.31. The minimum Gasteiger partial charge on any atom is -0.324 e. The molecule has 2 heterocycles. The second-order valence-electron chi connectivity index (χ2n) is 7.32. The van der Waals surface area contributed by atoms with E-state index in [-0.39, 0.29) is 10.8 Å². The Balaban J connectivity index is 1.68. The molecule has 0 aliphatic carbocycles. The number of aromatic amines is 1. The molecule has 4 N–H and O–H groups in total. The Morgan fingerprint density at radius 1 is 1.19 bits per heavy atom. The normalized spacial score (nSPS) is 12.9. The number of likely N-dealkylation sites (N-methyl/N-ethyl adjacent to an activating group) is 1. The predicted octanol–water partition coefficient (Wildman–Crippen LogP) is 3.18. The van der Waals surface area contributed by atoms with Crippen molar-refractivity contribution in [2.45, 2.75) is 10.9 Å². The van der Waals surface area contributed by atoms with Crippen molar-refractivity contribution in [2.75, 3.05) is 19.4 Å². The molecule has 0 saturated carbocycles. The topological polar surface area (TPSA) is 121 Å². The van der Waals surface area contributed by atoms with E-state index in [1.807, 2.05) is 48.0 Å². The first-order valence-electron chi connectivity index (χ1n) is 9.35. The van der Waals surface area contributed by atoms with Gasteiger partial charge in [-0.15, -0.1) is 0 Å². The lowest BCUT2D eigenvalue weighted by atomic mass is 10.1. The number of anilines is 1. The molecule has 4 rings (SSSR count). The number of carbonyl (C=O) groups is 1.